The zero-order valence-electron chi connectivity index (χ0n) is 43.7. The summed E-state index contributed by atoms with van der Waals surface area (Å²) in [6.45, 7) is 23.1. The molecule has 0 fully saturated rings. The Morgan fingerprint density at radius 3 is 1.68 bits per heavy atom. The molecule has 21 heteroatoms. The molecule has 0 aliphatic carbocycles. The number of sulfone groups is 1. The molecule has 0 saturated heterocycles. The Kier molecular flexibility index (Phi) is 40.2. The van der Waals surface area contributed by atoms with Crippen molar-refractivity contribution in [1.82, 2.24) is 4.98 Å². The topological polar surface area (TPSA) is 200 Å². The molecule has 4 aromatic carbocycles. The molecule has 14 nitrogen and oxygen atoms in total. The van der Waals surface area contributed by atoms with Gasteiger partial charge in [-0.25, -0.2) is 24.6 Å². The standard InChI is InChI=1S/C13H12ClNO2.C11H11ClO2.C9H9NO2S.C7H5ClO.C7H15O4P.C4H9O.2Na.H/c1-2-17-13(16)11-8-15-7-10(11)9-5-3-4-6-12(9)14;1-2-14-11(13)8-7-9-5-3-4-6-10(9)12;1-8-3-5-9(6-4-8)13(11,12)7-10-2;8-7-4-2-1-3-6(7)5-9;1-4-10-7(8)6-12(3,9)11-5-2;1-4(2,3)5;;;/h3-8,15H,2H2,1H3;3-8H,2H2,1H3;3-6H,7H2,1H3;1-5H;4-6H2,1-3H3;1-3H3;;;/q;;;;;-1;2*+1;-1/b;8-7+;;;;;;;. The zero-order valence-corrected chi connectivity index (χ0v) is 50.7. The zero-order chi connectivity index (χ0) is 53.3. The first kappa shape index (κ1) is 72.7. The smallest absolute Gasteiger partial charge is 1.00 e. The van der Waals surface area contributed by atoms with Crippen molar-refractivity contribution in [2.75, 3.05) is 45.1 Å². The van der Waals surface area contributed by atoms with Gasteiger partial charge in [-0.1, -0.05) is 128 Å². The summed E-state index contributed by atoms with van der Waals surface area (Å²) in [5, 5.41) is 11.8. The number of aldehydes is 1. The Labute approximate surface area is 485 Å². The van der Waals surface area contributed by atoms with Crippen molar-refractivity contribution in [3.05, 3.63) is 164 Å². The van der Waals surface area contributed by atoms with Gasteiger partial charge < -0.3 is 30.3 Å². The number of esters is 3. The summed E-state index contributed by atoms with van der Waals surface area (Å²) in [5.41, 5.74) is 3.68. The van der Waals surface area contributed by atoms with Crippen molar-refractivity contribution in [3.8, 4) is 11.1 Å². The molecule has 1 N–H and O–H groups in total. The van der Waals surface area contributed by atoms with Crippen molar-refractivity contribution in [2.24, 2.45) is 0 Å². The average Bonchev–Trinajstić information content (AvgIpc) is 3.77. The van der Waals surface area contributed by atoms with Gasteiger partial charge in [0, 0.05) is 51.9 Å². The van der Waals surface area contributed by atoms with Crippen LogP contribution in [0.1, 0.15) is 81.7 Å². The Morgan fingerprint density at radius 2 is 1.24 bits per heavy atom. The van der Waals surface area contributed by atoms with Crippen LogP contribution < -0.4 is 64.2 Å². The maximum Gasteiger partial charge on any atom is 1.00 e. The first-order chi connectivity index (χ1) is 32.9. The summed E-state index contributed by atoms with van der Waals surface area (Å²) in [7, 11) is -6.13. The maximum atomic E-state index is 11.7. The van der Waals surface area contributed by atoms with Gasteiger partial charge in [-0.3, -0.25) is 19.0 Å². The first-order valence-electron chi connectivity index (χ1n) is 21.5. The molecule has 0 aliphatic heterocycles. The number of aromatic amines is 1. The number of rotatable bonds is 14. The Balaban J connectivity index is -0.000000399. The molecule has 1 atom stereocenters. The van der Waals surface area contributed by atoms with Crippen LogP contribution in [0.4, 0.5) is 0 Å². The van der Waals surface area contributed by atoms with Gasteiger partial charge in [0.2, 0.25) is 7.37 Å². The molecule has 1 aromatic heterocycles. The summed E-state index contributed by atoms with van der Waals surface area (Å²) in [5.74, 6) is -1.64. The number of hydrogen-bond donors (Lipinski definition) is 1. The molecule has 0 saturated carbocycles. The molecule has 1 unspecified atom stereocenters. The van der Waals surface area contributed by atoms with Gasteiger partial charge in [-0.15, -0.1) is 5.60 Å². The van der Waals surface area contributed by atoms with Gasteiger partial charge in [0.15, 0.2) is 6.29 Å². The van der Waals surface area contributed by atoms with E-state index in [0.717, 1.165) is 28.5 Å². The van der Waals surface area contributed by atoms with E-state index in [1.165, 1.54) is 24.9 Å². The minimum absolute atomic E-state index is 0. The maximum absolute atomic E-state index is 11.7. The SMILES string of the molecule is CC(C)(C)[O-].CCOC(=O)/C=C/c1ccccc1Cl.CCOC(=O)CP(C)(=O)OCC.CCOC(=O)c1c[nH]cc1-c1ccccc1Cl.O=Cc1ccccc1Cl.[C-]#[N+]CS(=O)(=O)c1ccc(C)cc1.[H-].[Na+].[Na+]. The third-order valence-corrected chi connectivity index (χ3v) is 11.9. The number of H-pyrrole nitrogens is 1. The third-order valence-electron chi connectivity index (χ3n) is 7.77. The molecule has 382 valence electrons. The van der Waals surface area contributed by atoms with Crippen molar-refractivity contribution in [2.45, 2.75) is 65.9 Å². The number of ether oxygens (including phenoxy) is 3. The number of nitrogens with zero attached hydrogens (tertiary/aromatic N) is 1. The normalized spacial score (nSPS) is 10.9. The number of carbonyl (C=O) groups is 4. The number of nitrogens with one attached hydrogen (secondary N) is 1. The molecule has 5 aromatic rings. The minimum Gasteiger partial charge on any atom is -1.00 e. The third kappa shape index (κ3) is 33.3. The number of aromatic nitrogens is 1. The second kappa shape index (κ2) is 39.8. The van der Waals surface area contributed by atoms with Crippen LogP contribution in [0.25, 0.3) is 22.0 Å². The molecule has 0 amide bonds. The summed E-state index contributed by atoms with van der Waals surface area (Å²) < 4.78 is 53.3. The van der Waals surface area contributed by atoms with E-state index in [2.05, 4.69) is 14.6 Å². The molecule has 0 spiro atoms. The van der Waals surface area contributed by atoms with Crippen LogP contribution in [-0.4, -0.2) is 88.3 Å². The predicted molar refractivity (Wildman–Crippen MR) is 279 cm³/mol. The fourth-order valence-electron chi connectivity index (χ4n) is 4.84. The van der Waals surface area contributed by atoms with Crippen molar-refractivity contribution >= 4 is 82.3 Å². The van der Waals surface area contributed by atoms with Gasteiger partial charge in [0.05, 0.1) is 41.9 Å². The van der Waals surface area contributed by atoms with Crippen molar-refractivity contribution in [1.29, 1.82) is 0 Å². The summed E-state index contributed by atoms with van der Waals surface area (Å²) >= 11 is 17.6. The summed E-state index contributed by atoms with van der Waals surface area (Å²) in [4.78, 5) is 49.7. The predicted octanol–water partition coefficient (Wildman–Crippen LogP) is 5.99. The van der Waals surface area contributed by atoms with E-state index in [9.17, 15) is 37.3 Å². The van der Waals surface area contributed by atoms with Crippen molar-refractivity contribution < 1.29 is 117 Å². The Morgan fingerprint density at radius 1 is 0.750 bits per heavy atom. The fourth-order valence-corrected chi connectivity index (χ4v) is 7.52. The summed E-state index contributed by atoms with van der Waals surface area (Å²) in [6.07, 6.45) is 6.98. The molecule has 72 heavy (non-hydrogen) atoms. The van der Waals surface area contributed by atoms with Gasteiger partial charge in [0.25, 0.3) is 9.84 Å². The van der Waals surface area contributed by atoms with E-state index >= 15 is 0 Å². The molecule has 1 heterocycles. The molecular weight excluding hydrogens is 1050 g/mol. The van der Waals surface area contributed by atoms with Crippen LogP contribution in [-0.2, 0) is 42.7 Å². The van der Waals surface area contributed by atoms with Crippen LogP contribution in [0, 0.1) is 13.5 Å². The second-order valence-corrected chi connectivity index (χ2v) is 20.7. The van der Waals surface area contributed by atoms with E-state index < -0.39 is 34.7 Å². The van der Waals surface area contributed by atoms with E-state index in [1.807, 2.05) is 43.3 Å². The van der Waals surface area contributed by atoms with Crippen LogP contribution in [0.15, 0.2) is 120 Å². The summed E-state index contributed by atoms with van der Waals surface area (Å²) in [6, 6.07) is 28.1. The van der Waals surface area contributed by atoms with Crippen molar-refractivity contribution in [3.63, 3.8) is 0 Å². The number of carbonyl (C=O) groups excluding carboxylic acids is 4. The molecule has 5 rings (SSSR count). The van der Waals surface area contributed by atoms with Gasteiger partial charge in [-0.2, -0.15) is 0 Å². The van der Waals surface area contributed by atoms with E-state index in [1.54, 1.807) is 115 Å². The number of aryl methyl sites for hydroxylation is 1. The van der Waals surface area contributed by atoms with Crippen LogP contribution >= 0.6 is 42.2 Å². The first-order valence-corrected chi connectivity index (χ1v) is 26.5. The number of halogens is 3. The van der Waals surface area contributed by atoms with Crippen LogP contribution in [0.2, 0.25) is 15.1 Å². The monoisotopic (exact) mass is 1110 g/mol. The van der Waals surface area contributed by atoms with Crippen LogP contribution in [0.5, 0.6) is 0 Å². The van der Waals surface area contributed by atoms with E-state index in [0.29, 0.717) is 52.6 Å². The van der Waals surface area contributed by atoms with E-state index in [-0.39, 0.29) is 83.5 Å². The quantitative estimate of drug-likeness (QED) is 0.0260. The van der Waals surface area contributed by atoms with Gasteiger partial charge in [-0.05, 0) is 76.6 Å². The largest absolute Gasteiger partial charge is 1.00 e. The molecular formula is C51H62Cl3N2Na2O12PS. The molecule has 0 radical (unpaired) electrons. The molecule has 0 aliphatic rings. The van der Waals surface area contributed by atoms with E-state index in [4.69, 9.17) is 55.4 Å². The minimum atomic E-state index is -3.38. The Bertz CT molecular complexity index is 2620. The fraction of sp³-hybridized carbons (Fsp3) is 0.314. The van der Waals surface area contributed by atoms with Gasteiger partial charge >= 0.3 is 82.9 Å². The van der Waals surface area contributed by atoms with Crippen LogP contribution in [0.3, 0.4) is 0 Å². The second-order valence-electron chi connectivity index (χ2n) is 15.0. The number of hydrogen-bond acceptors (Lipinski definition) is 12. The Hall–Kier alpha value is -3.56. The number of benzene rings is 4. The van der Waals surface area contributed by atoms with Gasteiger partial charge in [0.1, 0.15) is 6.16 Å². The molecule has 0 bridgehead atoms. The average molecular weight is 1110 g/mol.